The predicted octanol–water partition coefficient (Wildman–Crippen LogP) is 2.76. The number of hydrogen-bond acceptors (Lipinski definition) is 2. The van der Waals surface area contributed by atoms with E-state index in [4.69, 9.17) is 5.11 Å². The fourth-order valence-electron chi connectivity index (χ4n) is 1.87. The molecule has 0 saturated heterocycles. The Morgan fingerprint density at radius 1 is 1.14 bits per heavy atom. The standard InChI is InChI=1S/C16H14FNO3/c1-10-3-2-4-13(14(10)17)15(19)18-9-11-5-7-12(8-6-11)16(20)21/h2-8H,9H2,1H3,(H,18,19)(H,20,21). The van der Waals surface area contributed by atoms with Crippen molar-refractivity contribution in [1.29, 1.82) is 0 Å². The number of aromatic carboxylic acids is 1. The minimum Gasteiger partial charge on any atom is -0.478 e. The zero-order chi connectivity index (χ0) is 15.4. The maximum Gasteiger partial charge on any atom is 0.335 e. The molecule has 0 bridgehead atoms. The fraction of sp³-hybridized carbons (Fsp3) is 0.125. The number of halogens is 1. The van der Waals surface area contributed by atoms with Gasteiger partial charge >= 0.3 is 5.97 Å². The van der Waals surface area contributed by atoms with E-state index in [2.05, 4.69) is 5.32 Å². The molecule has 0 heterocycles. The molecule has 0 aliphatic carbocycles. The summed E-state index contributed by atoms with van der Waals surface area (Å²) in [6.45, 7) is 1.79. The second-order valence-corrected chi connectivity index (χ2v) is 4.62. The molecule has 0 aliphatic heterocycles. The smallest absolute Gasteiger partial charge is 0.335 e. The van der Waals surface area contributed by atoms with Gasteiger partial charge in [0, 0.05) is 6.54 Å². The average molecular weight is 287 g/mol. The summed E-state index contributed by atoms with van der Waals surface area (Å²) in [6, 6.07) is 10.8. The first-order valence-corrected chi connectivity index (χ1v) is 6.34. The summed E-state index contributed by atoms with van der Waals surface area (Å²) in [5.41, 5.74) is 1.32. The minimum atomic E-state index is -1.01. The van der Waals surface area contributed by atoms with Crippen molar-refractivity contribution in [3.8, 4) is 0 Å². The maximum absolute atomic E-state index is 13.8. The van der Waals surface area contributed by atoms with Crippen LogP contribution in [0.1, 0.15) is 31.8 Å². The van der Waals surface area contributed by atoms with Gasteiger partial charge in [-0.3, -0.25) is 4.79 Å². The number of carboxylic acid groups (broad SMARTS) is 1. The van der Waals surface area contributed by atoms with Gasteiger partial charge in [-0.25, -0.2) is 9.18 Å². The van der Waals surface area contributed by atoms with E-state index in [1.165, 1.54) is 18.2 Å². The highest BCUT2D eigenvalue weighted by Gasteiger charge is 2.12. The van der Waals surface area contributed by atoms with Crippen molar-refractivity contribution in [3.05, 3.63) is 70.5 Å². The van der Waals surface area contributed by atoms with Gasteiger partial charge < -0.3 is 10.4 Å². The SMILES string of the molecule is Cc1cccc(C(=O)NCc2ccc(C(=O)O)cc2)c1F. The Kier molecular flexibility index (Phi) is 4.33. The molecule has 1 amide bonds. The van der Waals surface area contributed by atoms with Crippen LogP contribution in [-0.2, 0) is 6.54 Å². The lowest BCUT2D eigenvalue weighted by Gasteiger charge is -2.07. The molecular weight excluding hydrogens is 273 g/mol. The molecule has 2 rings (SSSR count). The summed E-state index contributed by atoms with van der Waals surface area (Å²) in [6.07, 6.45) is 0. The Morgan fingerprint density at radius 3 is 2.43 bits per heavy atom. The van der Waals surface area contributed by atoms with E-state index in [0.29, 0.717) is 5.56 Å². The van der Waals surface area contributed by atoms with E-state index in [1.807, 2.05) is 0 Å². The normalized spacial score (nSPS) is 10.2. The van der Waals surface area contributed by atoms with Crippen LogP contribution in [0.4, 0.5) is 4.39 Å². The first-order chi connectivity index (χ1) is 9.99. The molecule has 0 radical (unpaired) electrons. The van der Waals surface area contributed by atoms with Crippen LogP contribution in [0.5, 0.6) is 0 Å². The largest absolute Gasteiger partial charge is 0.478 e. The number of rotatable bonds is 4. The van der Waals surface area contributed by atoms with E-state index in [-0.39, 0.29) is 17.7 Å². The number of benzene rings is 2. The second kappa shape index (κ2) is 6.17. The Hall–Kier alpha value is -2.69. The monoisotopic (exact) mass is 287 g/mol. The van der Waals surface area contributed by atoms with Crippen LogP contribution in [0.3, 0.4) is 0 Å². The number of carbonyl (C=O) groups is 2. The van der Waals surface area contributed by atoms with Gasteiger partial charge in [0.25, 0.3) is 5.91 Å². The summed E-state index contributed by atoms with van der Waals surface area (Å²) in [5.74, 6) is -2.04. The quantitative estimate of drug-likeness (QED) is 0.908. The van der Waals surface area contributed by atoms with Crippen LogP contribution in [0.2, 0.25) is 0 Å². The Morgan fingerprint density at radius 2 is 1.81 bits per heavy atom. The van der Waals surface area contributed by atoms with Gasteiger partial charge in [0.2, 0.25) is 0 Å². The lowest BCUT2D eigenvalue weighted by Crippen LogP contribution is -2.24. The van der Waals surface area contributed by atoms with Crippen molar-refractivity contribution >= 4 is 11.9 Å². The summed E-state index contributed by atoms with van der Waals surface area (Å²) in [4.78, 5) is 22.6. The first kappa shape index (κ1) is 14.7. The molecule has 0 unspecified atom stereocenters. The third-order valence-electron chi connectivity index (χ3n) is 3.09. The van der Waals surface area contributed by atoms with Crippen molar-refractivity contribution in [3.63, 3.8) is 0 Å². The molecule has 0 saturated carbocycles. The van der Waals surface area contributed by atoms with Gasteiger partial charge in [0.15, 0.2) is 0 Å². The van der Waals surface area contributed by atoms with Crippen LogP contribution < -0.4 is 5.32 Å². The van der Waals surface area contributed by atoms with E-state index in [9.17, 15) is 14.0 Å². The van der Waals surface area contributed by atoms with Gasteiger partial charge in [0.05, 0.1) is 11.1 Å². The summed E-state index contributed by atoms with van der Waals surface area (Å²) >= 11 is 0. The van der Waals surface area contributed by atoms with E-state index < -0.39 is 17.7 Å². The molecule has 0 aromatic heterocycles. The zero-order valence-electron chi connectivity index (χ0n) is 11.4. The molecule has 0 fully saturated rings. The average Bonchev–Trinajstić information content (AvgIpc) is 2.48. The van der Waals surface area contributed by atoms with Crippen LogP contribution in [-0.4, -0.2) is 17.0 Å². The highest BCUT2D eigenvalue weighted by atomic mass is 19.1. The maximum atomic E-state index is 13.8. The number of carbonyl (C=O) groups excluding carboxylic acids is 1. The fourth-order valence-corrected chi connectivity index (χ4v) is 1.87. The third-order valence-corrected chi connectivity index (χ3v) is 3.09. The molecular formula is C16H14FNO3. The lowest BCUT2D eigenvalue weighted by molar-refractivity contribution is 0.0696. The van der Waals surface area contributed by atoms with Crippen molar-refractivity contribution in [1.82, 2.24) is 5.32 Å². The lowest BCUT2D eigenvalue weighted by atomic mass is 10.1. The number of amides is 1. The zero-order valence-corrected chi connectivity index (χ0v) is 11.4. The van der Waals surface area contributed by atoms with E-state index >= 15 is 0 Å². The van der Waals surface area contributed by atoms with Crippen LogP contribution in [0.25, 0.3) is 0 Å². The molecule has 5 heteroatoms. The van der Waals surface area contributed by atoms with Crippen molar-refractivity contribution in [2.75, 3.05) is 0 Å². The van der Waals surface area contributed by atoms with Crippen molar-refractivity contribution < 1.29 is 19.1 Å². The number of aryl methyl sites for hydroxylation is 1. The first-order valence-electron chi connectivity index (χ1n) is 6.34. The second-order valence-electron chi connectivity index (χ2n) is 4.62. The molecule has 108 valence electrons. The number of hydrogen-bond donors (Lipinski definition) is 2. The molecule has 2 aromatic rings. The molecule has 0 spiro atoms. The van der Waals surface area contributed by atoms with Gasteiger partial charge in [-0.05, 0) is 36.2 Å². The molecule has 0 atom stereocenters. The van der Waals surface area contributed by atoms with Gasteiger partial charge in [-0.1, -0.05) is 24.3 Å². The van der Waals surface area contributed by atoms with Crippen LogP contribution >= 0.6 is 0 Å². The molecule has 2 aromatic carbocycles. The Labute approximate surface area is 121 Å². The molecule has 21 heavy (non-hydrogen) atoms. The summed E-state index contributed by atoms with van der Waals surface area (Å²) in [7, 11) is 0. The van der Waals surface area contributed by atoms with E-state index in [1.54, 1.807) is 31.2 Å². The van der Waals surface area contributed by atoms with Gasteiger partial charge in [-0.15, -0.1) is 0 Å². The Balaban J connectivity index is 2.04. The van der Waals surface area contributed by atoms with Crippen molar-refractivity contribution in [2.24, 2.45) is 0 Å². The minimum absolute atomic E-state index is 0.00263. The summed E-state index contributed by atoms with van der Waals surface area (Å²) in [5, 5.41) is 11.4. The van der Waals surface area contributed by atoms with Crippen LogP contribution in [0.15, 0.2) is 42.5 Å². The van der Waals surface area contributed by atoms with E-state index in [0.717, 1.165) is 5.56 Å². The number of nitrogens with one attached hydrogen (secondary N) is 1. The third kappa shape index (κ3) is 3.45. The summed E-state index contributed by atoms with van der Waals surface area (Å²) < 4.78 is 13.8. The van der Waals surface area contributed by atoms with Gasteiger partial charge in [0.1, 0.15) is 5.82 Å². The molecule has 2 N–H and O–H groups in total. The number of carboxylic acids is 1. The molecule has 0 aliphatic rings. The Bertz CT molecular complexity index is 680. The van der Waals surface area contributed by atoms with Crippen LogP contribution in [0, 0.1) is 12.7 Å². The van der Waals surface area contributed by atoms with Crippen molar-refractivity contribution in [2.45, 2.75) is 13.5 Å². The molecule has 4 nitrogen and oxygen atoms in total. The highest BCUT2D eigenvalue weighted by molar-refractivity contribution is 5.94. The van der Waals surface area contributed by atoms with Gasteiger partial charge in [-0.2, -0.15) is 0 Å². The topological polar surface area (TPSA) is 66.4 Å². The highest BCUT2D eigenvalue weighted by Crippen LogP contribution is 2.12. The predicted molar refractivity (Wildman–Crippen MR) is 75.7 cm³/mol.